The molecule has 6 nitrogen and oxygen atoms in total. The molecule has 2 aromatic heterocycles. The Labute approximate surface area is 142 Å². The van der Waals surface area contributed by atoms with Crippen LogP contribution in [0.1, 0.15) is 43.9 Å². The van der Waals surface area contributed by atoms with Gasteiger partial charge in [0.2, 0.25) is 11.6 Å². The highest BCUT2D eigenvalue weighted by Crippen LogP contribution is 2.32. The van der Waals surface area contributed by atoms with Crippen LogP contribution in [0.3, 0.4) is 0 Å². The molecule has 1 saturated heterocycles. The summed E-state index contributed by atoms with van der Waals surface area (Å²) >= 11 is 0. The van der Waals surface area contributed by atoms with Crippen molar-refractivity contribution in [3.05, 3.63) is 17.7 Å². The molecule has 6 heteroatoms. The average Bonchev–Trinajstić information content (AvgIpc) is 2.89. The maximum Gasteiger partial charge on any atom is 0.231 e. The van der Waals surface area contributed by atoms with Crippen LogP contribution in [0.15, 0.2) is 10.7 Å². The molecule has 0 bridgehead atoms. The van der Waals surface area contributed by atoms with Gasteiger partial charge in [-0.15, -0.1) is 0 Å². The topological polar surface area (TPSA) is 71.3 Å². The van der Waals surface area contributed by atoms with Gasteiger partial charge in [-0.3, -0.25) is 4.79 Å². The van der Waals surface area contributed by atoms with Crippen LogP contribution in [-0.2, 0) is 4.79 Å². The van der Waals surface area contributed by atoms with E-state index in [1.54, 1.807) is 6.33 Å². The summed E-state index contributed by atoms with van der Waals surface area (Å²) in [5.74, 6) is 1.95. The predicted octanol–water partition coefficient (Wildman–Crippen LogP) is 2.97. The normalized spacial score (nSPS) is 18.1. The van der Waals surface area contributed by atoms with Crippen molar-refractivity contribution in [3.63, 3.8) is 0 Å². The molecule has 1 N–H and O–H groups in total. The lowest BCUT2D eigenvalue weighted by Crippen LogP contribution is -2.43. The zero-order valence-corrected chi connectivity index (χ0v) is 14.8. The number of carbonyl (C=O) groups is 1. The molecule has 1 aliphatic heterocycles. The molecule has 0 aromatic carbocycles. The summed E-state index contributed by atoms with van der Waals surface area (Å²) in [5, 5.41) is 4.04. The number of unbranched alkanes of at least 4 members (excludes halogenated alkanes) is 1. The average molecular weight is 330 g/mol. The summed E-state index contributed by atoms with van der Waals surface area (Å²) in [4.78, 5) is 23.3. The van der Waals surface area contributed by atoms with E-state index in [1.807, 2.05) is 13.8 Å². The molecular formula is C18H26N4O2. The molecule has 3 heterocycles. The van der Waals surface area contributed by atoms with Crippen molar-refractivity contribution in [1.82, 2.24) is 15.3 Å². The maximum absolute atomic E-state index is 12.4. The molecule has 1 aliphatic rings. The fourth-order valence-electron chi connectivity index (χ4n) is 3.32. The van der Waals surface area contributed by atoms with E-state index >= 15 is 0 Å². The minimum atomic E-state index is 0.0222. The Morgan fingerprint density at radius 2 is 2.25 bits per heavy atom. The number of amides is 1. The van der Waals surface area contributed by atoms with E-state index in [4.69, 9.17) is 4.42 Å². The number of hydrogen-bond acceptors (Lipinski definition) is 5. The third-order valence-corrected chi connectivity index (χ3v) is 4.87. The SMILES string of the molecule is CCCCNC(=O)[C@H]1CCCN(c2ncnc3oc(C)c(C)c23)C1. The van der Waals surface area contributed by atoms with Gasteiger partial charge in [0.25, 0.3) is 0 Å². The zero-order chi connectivity index (χ0) is 17.1. The summed E-state index contributed by atoms with van der Waals surface area (Å²) < 4.78 is 5.71. The monoisotopic (exact) mass is 330 g/mol. The van der Waals surface area contributed by atoms with Crippen molar-refractivity contribution < 1.29 is 9.21 Å². The molecule has 24 heavy (non-hydrogen) atoms. The number of rotatable bonds is 5. The summed E-state index contributed by atoms with van der Waals surface area (Å²) in [6.07, 6.45) is 5.60. The van der Waals surface area contributed by atoms with E-state index < -0.39 is 0 Å². The standard InChI is InChI=1S/C18H26N4O2/c1-4-5-8-19-17(23)14-7-6-9-22(10-14)16-15-12(2)13(3)24-18(15)21-11-20-16/h11,14H,4-10H2,1-3H3,(H,19,23)/t14-/m0/s1. The van der Waals surface area contributed by atoms with Gasteiger partial charge in [0.1, 0.15) is 17.9 Å². The second kappa shape index (κ2) is 7.20. The molecule has 130 valence electrons. The van der Waals surface area contributed by atoms with E-state index in [0.29, 0.717) is 12.3 Å². The Bertz CT molecular complexity index is 725. The molecule has 1 amide bonds. The Kier molecular flexibility index (Phi) is 5.02. The number of anilines is 1. The third kappa shape index (κ3) is 3.23. The van der Waals surface area contributed by atoms with E-state index in [2.05, 4.69) is 27.1 Å². The van der Waals surface area contributed by atoms with Crippen LogP contribution in [0.4, 0.5) is 5.82 Å². The van der Waals surface area contributed by atoms with Crippen molar-refractivity contribution in [2.24, 2.45) is 5.92 Å². The van der Waals surface area contributed by atoms with Crippen LogP contribution < -0.4 is 10.2 Å². The fraction of sp³-hybridized carbons (Fsp3) is 0.611. The van der Waals surface area contributed by atoms with Gasteiger partial charge in [-0.05, 0) is 33.1 Å². The lowest BCUT2D eigenvalue weighted by atomic mass is 9.96. The third-order valence-electron chi connectivity index (χ3n) is 4.87. The molecule has 0 spiro atoms. The highest BCUT2D eigenvalue weighted by Gasteiger charge is 2.28. The number of piperidine rings is 1. The largest absolute Gasteiger partial charge is 0.443 e. The van der Waals surface area contributed by atoms with Crippen LogP contribution in [0.25, 0.3) is 11.1 Å². The van der Waals surface area contributed by atoms with E-state index in [1.165, 1.54) is 0 Å². The Morgan fingerprint density at radius 1 is 1.42 bits per heavy atom. The number of nitrogens with one attached hydrogen (secondary N) is 1. The lowest BCUT2D eigenvalue weighted by Gasteiger charge is -2.33. The van der Waals surface area contributed by atoms with Crippen LogP contribution in [0, 0.1) is 19.8 Å². The van der Waals surface area contributed by atoms with E-state index in [0.717, 1.165) is 61.3 Å². The van der Waals surface area contributed by atoms with Crippen molar-refractivity contribution in [1.29, 1.82) is 0 Å². The number of furan rings is 1. The highest BCUT2D eigenvalue weighted by molar-refractivity contribution is 5.90. The molecule has 1 fully saturated rings. The van der Waals surface area contributed by atoms with Gasteiger partial charge in [-0.25, -0.2) is 9.97 Å². The van der Waals surface area contributed by atoms with Crippen LogP contribution >= 0.6 is 0 Å². The van der Waals surface area contributed by atoms with E-state index in [9.17, 15) is 4.79 Å². The molecule has 2 aromatic rings. The second-order valence-electron chi connectivity index (χ2n) is 6.59. The van der Waals surface area contributed by atoms with Crippen molar-refractivity contribution in [2.75, 3.05) is 24.5 Å². The smallest absolute Gasteiger partial charge is 0.231 e. The molecule has 0 unspecified atom stereocenters. The van der Waals surface area contributed by atoms with Gasteiger partial charge in [0.05, 0.1) is 11.3 Å². The summed E-state index contributed by atoms with van der Waals surface area (Å²) in [5.41, 5.74) is 1.71. The zero-order valence-electron chi connectivity index (χ0n) is 14.8. The van der Waals surface area contributed by atoms with Gasteiger partial charge in [-0.2, -0.15) is 0 Å². The van der Waals surface area contributed by atoms with Gasteiger partial charge < -0.3 is 14.6 Å². The first-order valence-corrected chi connectivity index (χ1v) is 8.85. The summed E-state index contributed by atoms with van der Waals surface area (Å²) in [6, 6.07) is 0. The first kappa shape index (κ1) is 16.7. The Morgan fingerprint density at radius 3 is 3.04 bits per heavy atom. The molecule has 3 rings (SSSR count). The Balaban J connectivity index is 1.79. The summed E-state index contributed by atoms with van der Waals surface area (Å²) in [7, 11) is 0. The van der Waals surface area contributed by atoms with Gasteiger partial charge in [0.15, 0.2) is 0 Å². The van der Waals surface area contributed by atoms with Crippen LogP contribution in [0.2, 0.25) is 0 Å². The first-order valence-electron chi connectivity index (χ1n) is 8.85. The molecule has 0 saturated carbocycles. The van der Waals surface area contributed by atoms with Crippen LogP contribution in [-0.4, -0.2) is 35.5 Å². The summed E-state index contributed by atoms with van der Waals surface area (Å²) in [6.45, 7) is 8.49. The minimum absolute atomic E-state index is 0.0222. The predicted molar refractivity (Wildman–Crippen MR) is 94.1 cm³/mol. The Hall–Kier alpha value is -2.11. The fourth-order valence-corrected chi connectivity index (χ4v) is 3.32. The first-order chi connectivity index (χ1) is 11.6. The maximum atomic E-state index is 12.4. The van der Waals surface area contributed by atoms with Crippen molar-refractivity contribution >= 4 is 22.8 Å². The number of fused-ring (bicyclic) bond motifs is 1. The lowest BCUT2D eigenvalue weighted by molar-refractivity contribution is -0.125. The van der Waals surface area contributed by atoms with Gasteiger partial charge in [0, 0.05) is 25.2 Å². The number of nitrogens with zero attached hydrogens (tertiary/aromatic N) is 3. The van der Waals surface area contributed by atoms with Gasteiger partial charge >= 0.3 is 0 Å². The quantitative estimate of drug-likeness (QED) is 0.853. The number of hydrogen-bond donors (Lipinski definition) is 1. The molecule has 1 atom stereocenters. The number of carbonyl (C=O) groups excluding carboxylic acids is 1. The van der Waals surface area contributed by atoms with Crippen molar-refractivity contribution in [2.45, 2.75) is 46.5 Å². The van der Waals surface area contributed by atoms with Gasteiger partial charge in [-0.1, -0.05) is 13.3 Å². The number of aromatic nitrogens is 2. The highest BCUT2D eigenvalue weighted by atomic mass is 16.3. The number of aryl methyl sites for hydroxylation is 2. The molecule has 0 aliphatic carbocycles. The van der Waals surface area contributed by atoms with E-state index in [-0.39, 0.29) is 11.8 Å². The minimum Gasteiger partial charge on any atom is -0.443 e. The molecular weight excluding hydrogens is 304 g/mol. The van der Waals surface area contributed by atoms with Crippen LogP contribution in [0.5, 0.6) is 0 Å². The molecule has 0 radical (unpaired) electrons. The van der Waals surface area contributed by atoms with Crippen molar-refractivity contribution in [3.8, 4) is 0 Å². The second-order valence-corrected chi connectivity index (χ2v) is 6.59.